The first-order valence-corrected chi connectivity index (χ1v) is 5.96. The molecule has 1 heterocycles. The molecule has 0 aromatic carbocycles. The molecule has 1 aliphatic heterocycles. The summed E-state index contributed by atoms with van der Waals surface area (Å²) in [5.74, 6) is -0.288. The van der Waals surface area contributed by atoms with Crippen molar-refractivity contribution in [1.29, 1.82) is 0 Å². The van der Waals surface area contributed by atoms with Crippen LogP contribution in [0.4, 0.5) is 0 Å². The number of carbonyl (C=O) groups excluding carboxylic acids is 1. The van der Waals surface area contributed by atoms with Crippen molar-refractivity contribution in [3.8, 4) is 0 Å². The Morgan fingerprint density at radius 1 is 1.64 bits per heavy atom. The third-order valence-electron chi connectivity index (χ3n) is 1.78. The van der Waals surface area contributed by atoms with E-state index in [1.165, 1.54) is 0 Å². The van der Waals surface area contributed by atoms with Crippen molar-refractivity contribution in [2.24, 2.45) is 0 Å². The molecule has 1 atom stereocenters. The molecular formula is C7H13O3P. The minimum absolute atomic E-state index is 0.288. The van der Waals surface area contributed by atoms with Gasteiger partial charge in [-0.25, -0.2) is 0 Å². The van der Waals surface area contributed by atoms with Gasteiger partial charge in [0.2, 0.25) is 0 Å². The molecule has 3 nitrogen and oxygen atoms in total. The van der Waals surface area contributed by atoms with Crippen LogP contribution in [-0.4, -0.2) is 18.3 Å². The summed E-state index contributed by atoms with van der Waals surface area (Å²) in [6.07, 6.45) is 3.29. The second kappa shape index (κ2) is 3.40. The van der Waals surface area contributed by atoms with E-state index in [-0.39, 0.29) is 5.97 Å². The third kappa shape index (κ3) is 2.33. The van der Waals surface area contributed by atoms with Crippen LogP contribution in [0.5, 0.6) is 0 Å². The topological polar surface area (TPSA) is 43.4 Å². The summed E-state index contributed by atoms with van der Waals surface area (Å²) >= 11 is 0. The van der Waals surface area contributed by atoms with Crippen LogP contribution >= 0.6 is 7.37 Å². The first-order valence-electron chi connectivity index (χ1n) is 3.97. The van der Waals surface area contributed by atoms with Gasteiger partial charge in [-0.2, -0.15) is 0 Å². The molecule has 1 rings (SSSR count). The summed E-state index contributed by atoms with van der Waals surface area (Å²) in [6, 6.07) is 0. The Morgan fingerprint density at radius 2 is 2.36 bits per heavy atom. The summed E-state index contributed by atoms with van der Waals surface area (Å²) in [5.41, 5.74) is 0. The highest BCUT2D eigenvalue weighted by Gasteiger charge is 2.33. The van der Waals surface area contributed by atoms with E-state index < -0.39 is 7.37 Å². The monoisotopic (exact) mass is 176 g/mol. The smallest absolute Gasteiger partial charge is 0.311 e. The van der Waals surface area contributed by atoms with Crippen LogP contribution in [0, 0.1) is 0 Å². The number of unbranched alkanes of at least 4 members (excludes halogenated alkanes) is 1. The van der Waals surface area contributed by atoms with Gasteiger partial charge in [-0.15, -0.1) is 0 Å². The fourth-order valence-corrected chi connectivity index (χ4v) is 3.28. The van der Waals surface area contributed by atoms with E-state index in [2.05, 4.69) is 0 Å². The first-order chi connectivity index (χ1) is 5.16. The molecule has 0 N–H and O–H groups in total. The fraction of sp³-hybridized carbons (Fsp3) is 0.857. The lowest BCUT2D eigenvalue weighted by molar-refractivity contribution is -0.132. The molecule has 0 spiro atoms. The zero-order valence-electron chi connectivity index (χ0n) is 6.71. The Bertz CT molecular complexity index is 200. The van der Waals surface area contributed by atoms with Gasteiger partial charge in [-0.05, 0) is 6.42 Å². The zero-order chi connectivity index (χ0) is 8.32. The van der Waals surface area contributed by atoms with Crippen molar-refractivity contribution < 1.29 is 13.9 Å². The number of hydrogen-bond donors (Lipinski definition) is 0. The molecule has 64 valence electrons. The average molecular weight is 176 g/mol. The van der Waals surface area contributed by atoms with Crippen LogP contribution < -0.4 is 0 Å². The molecule has 0 aromatic heterocycles. The van der Waals surface area contributed by atoms with Gasteiger partial charge >= 0.3 is 5.97 Å². The molecule has 4 heteroatoms. The molecule has 0 radical (unpaired) electrons. The van der Waals surface area contributed by atoms with Crippen LogP contribution in [0.15, 0.2) is 0 Å². The van der Waals surface area contributed by atoms with E-state index in [9.17, 15) is 9.36 Å². The van der Waals surface area contributed by atoms with E-state index in [1.807, 2.05) is 6.92 Å². The SMILES string of the molecule is CCCCP1(=O)CCC(=O)O1. The van der Waals surface area contributed by atoms with Crippen LogP contribution in [0.1, 0.15) is 26.2 Å². The quantitative estimate of drug-likeness (QED) is 0.618. The van der Waals surface area contributed by atoms with Gasteiger partial charge < -0.3 is 4.52 Å². The highest BCUT2D eigenvalue weighted by Crippen LogP contribution is 2.52. The molecule has 0 amide bonds. The van der Waals surface area contributed by atoms with Gasteiger partial charge in [-0.1, -0.05) is 13.3 Å². The maximum absolute atomic E-state index is 11.5. The van der Waals surface area contributed by atoms with Gasteiger partial charge in [0.25, 0.3) is 7.37 Å². The minimum atomic E-state index is -2.49. The van der Waals surface area contributed by atoms with E-state index >= 15 is 0 Å². The fourth-order valence-electron chi connectivity index (χ4n) is 1.09. The lowest BCUT2D eigenvalue weighted by Gasteiger charge is -2.07. The van der Waals surface area contributed by atoms with Crippen molar-refractivity contribution in [1.82, 2.24) is 0 Å². The van der Waals surface area contributed by atoms with Gasteiger partial charge in [0.1, 0.15) is 0 Å². The minimum Gasteiger partial charge on any atom is -0.412 e. The molecular weight excluding hydrogens is 163 g/mol. The van der Waals surface area contributed by atoms with Gasteiger partial charge in [0.15, 0.2) is 0 Å². The summed E-state index contributed by atoms with van der Waals surface area (Å²) in [4.78, 5) is 10.6. The van der Waals surface area contributed by atoms with Crippen molar-refractivity contribution in [2.75, 3.05) is 12.3 Å². The highest BCUT2D eigenvalue weighted by atomic mass is 31.2. The predicted octanol–water partition coefficient (Wildman–Crippen LogP) is 2.01. The Balaban J connectivity index is 2.42. The summed E-state index contributed by atoms with van der Waals surface area (Å²) in [6.45, 7) is 2.03. The molecule has 11 heavy (non-hydrogen) atoms. The summed E-state index contributed by atoms with van der Waals surface area (Å²) in [7, 11) is -2.49. The first kappa shape index (κ1) is 8.79. The normalized spacial score (nSPS) is 30.5. The van der Waals surface area contributed by atoms with Crippen molar-refractivity contribution in [3.63, 3.8) is 0 Å². The Kier molecular flexibility index (Phi) is 2.72. The summed E-state index contributed by atoms with van der Waals surface area (Å²) < 4.78 is 16.3. The van der Waals surface area contributed by atoms with Crippen molar-refractivity contribution >= 4 is 13.3 Å². The van der Waals surface area contributed by atoms with Crippen LogP contribution in [0.3, 0.4) is 0 Å². The highest BCUT2D eigenvalue weighted by molar-refractivity contribution is 7.60. The maximum atomic E-state index is 11.5. The van der Waals surface area contributed by atoms with E-state index in [0.717, 1.165) is 12.8 Å². The van der Waals surface area contributed by atoms with Crippen LogP contribution in [0.25, 0.3) is 0 Å². The van der Waals surface area contributed by atoms with Gasteiger partial charge in [0.05, 0.1) is 6.42 Å². The standard InChI is InChI=1S/C7H13O3P/c1-2-3-5-11(9)6-4-7(8)10-11/h2-6H2,1H3. The van der Waals surface area contributed by atoms with Gasteiger partial charge in [0, 0.05) is 12.3 Å². The van der Waals surface area contributed by atoms with E-state index in [4.69, 9.17) is 4.52 Å². The Hall–Kier alpha value is -0.300. The molecule has 0 bridgehead atoms. The molecule has 0 saturated carbocycles. The molecule has 1 aliphatic rings. The molecule has 0 aliphatic carbocycles. The third-order valence-corrected chi connectivity index (χ3v) is 4.22. The zero-order valence-corrected chi connectivity index (χ0v) is 7.60. The second-order valence-corrected chi connectivity index (χ2v) is 5.53. The largest absolute Gasteiger partial charge is 0.412 e. The Labute approximate surface area is 66.6 Å². The number of carbonyl (C=O) groups is 1. The number of hydrogen-bond acceptors (Lipinski definition) is 3. The van der Waals surface area contributed by atoms with E-state index in [1.54, 1.807) is 0 Å². The van der Waals surface area contributed by atoms with Crippen molar-refractivity contribution in [2.45, 2.75) is 26.2 Å². The number of rotatable bonds is 3. The molecule has 1 unspecified atom stereocenters. The van der Waals surface area contributed by atoms with Crippen LogP contribution in [-0.2, 0) is 13.9 Å². The second-order valence-electron chi connectivity index (χ2n) is 2.83. The Morgan fingerprint density at radius 3 is 2.82 bits per heavy atom. The van der Waals surface area contributed by atoms with Crippen molar-refractivity contribution in [3.05, 3.63) is 0 Å². The summed E-state index contributed by atoms with van der Waals surface area (Å²) in [5, 5.41) is 0. The lowest BCUT2D eigenvalue weighted by atomic mass is 10.4. The van der Waals surface area contributed by atoms with Crippen LogP contribution in [0.2, 0.25) is 0 Å². The molecule has 1 saturated heterocycles. The van der Waals surface area contributed by atoms with Gasteiger partial charge in [-0.3, -0.25) is 9.36 Å². The predicted molar refractivity (Wildman–Crippen MR) is 43.0 cm³/mol. The average Bonchev–Trinajstić information content (AvgIpc) is 2.28. The molecule has 0 aromatic rings. The molecule has 1 fully saturated rings. The van der Waals surface area contributed by atoms with E-state index in [0.29, 0.717) is 18.7 Å². The maximum Gasteiger partial charge on any atom is 0.311 e. The lowest BCUT2D eigenvalue weighted by Crippen LogP contribution is -1.92.